The largest absolute Gasteiger partial charge is 0.129 e. The van der Waals surface area contributed by atoms with Crippen LogP contribution in [0.25, 0.3) is 0 Å². The van der Waals surface area contributed by atoms with Crippen LogP contribution in [0.3, 0.4) is 0 Å². The van der Waals surface area contributed by atoms with E-state index in [-0.39, 0.29) is 0 Å². The molecule has 0 amide bonds. The summed E-state index contributed by atoms with van der Waals surface area (Å²) in [6, 6.07) is 0. The van der Waals surface area contributed by atoms with Crippen LogP contribution in [0.4, 0.5) is 0 Å². The average Bonchev–Trinajstić information content (AvgIpc) is 1.87. The van der Waals surface area contributed by atoms with Gasteiger partial charge in [0.2, 0.25) is 0 Å². The van der Waals surface area contributed by atoms with E-state index in [2.05, 4.69) is 10.4 Å². The van der Waals surface area contributed by atoms with Crippen LogP contribution in [0.2, 0.25) is 0 Å². The van der Waals surface area contributed by atoms with Crippen molar-refractivity contribution in [2.45, 2.75) is 0 Å². The fourth-order valence-electron chi connectivity index (χ4n) is 0.316. The van der Waals surface area contributed by atoms with Crippen LogP contribution in [0, 0.1) is 0 Å². The highest BCUT2D eigenvalue weighted by Gasteiger charge is 2.04. The minimum Gasteiger partial charge on any atom is -0.129 e. The van der Waals surface area contributed by atoms with Crippen molar-refractivity contribution in [3.8, 4) is 0 Å². The van der Waals surface area contributed by atoms with Crippen LogP contribution in [0.5, 0.6) is 0 Å². The van der Waals surface area contributed by atoms with Gasteiger partial charge in [0.1, 0.15) is 0 Å². The van der Waals surface area contributed by atoms with Crippen LogP contribution in [0.15, 0.2) is 10.4 Å². The van der Waals surface area contributed by atoms with Gasteiger partial charge in [-0.15, -0.1) is 15.3 Å². The molecule has 0 atom stereocenters. The molecule has 0 aliphatic carbocycles. The zero-order chi connectivity index (χ0) is 5.28. The lowest BCUT2D eigenvalue weighted by molar-refractivity contribution is -0.265. The first kappa shape index (κ1) is 4.32. The van der Waals surface area contributed by atoms with E-state index in [1.54, 1.807) is 14.1 Å². The third kappa shape index (κ3) is 0.774. The molecule has 0 aromatic carbocycles. The molecule has 7 heavy (non-hydrogen) atoms. The molecule has 0 fully saturated rings. The third-order valence-corrected chi connectivity index (χ3v) is 0.528. The van der Waals surface area contributed by atoms with Gasteiger partial charge < -0.3 is 0 Å². The smallest absolute Gasteiger partial charge is 0.0581 e. The molecule has 0 unspecified atom stereocenters. The first-order valence-corrected chi connectivity index (χ1v) is 1.86. The van der Waals surface area contributed by atoms with Gasteiger partial charge in [0.25, 0.3) is 0 Å². The first-order chi connectivity index (χ1) is 3.29. The fraction of sp³-hybridized carbons (Fsp3) is 1.00. The molecule has 1 rings (SSSR count). The summed E-state index contributed by atoms with van der Waals surface area (Å²) in [5.41, 5.74) is 0. The summed E-state index contributed by atoms with van der Waals surface area (Å²) < 4.78 is 0. The average molecular weight is 102 g/mol. The van der Waals surface area contributed by atoms with Crippen LogP contribution < -0.4 is 0 Å². The monoisotopic (exact) mass is 102 g/mol. The Hall–Kier alpha value is -0.840. The Morgan fingerprint density at radius 3 is 1.71 bits per heavy atom. The van der Waals surface area contributed by atoms with Crippen LogP contribution in [-0.2, 0) is 4.94 Å². The van der Waals surface area contributed by atoms with Crippen molar-refractivity contribution in [1.82, 2.24) is 10.3 Å². The van der Waals surface area contributed by atoms with Crippen molar-refractivity contribution in [2.24, 2.45) is 10.4 Å². The van der Waals surface area contributed by atoms with E-state index in [1.807, 2.05) is 0 Å². The highest BCUT2D eigenvalue weighted by molar-refractivity contribution is 4.17. The van der Waals surface area contributed by atoms with Crippen molar-refractivity contribution in [1.29, 1.82) is 0 Å². The molecule has 0 bridgehead atoms. The zero-order valence-corrected chi connectivity index (χ0v) is 4.20. The second-order valence-corrected chi connectivity index (χ2v) is 1.19. The van der Waals surface area contributed by atoms with Gasteiger partial charge in [0.15, 0.2) is 0 Å². The second kappa shape index (κ2) is 1.34. The maximum atomic E-state index is 4.69. The molecule has 1 aliphatic heterocycles. The lowest BCUT2D eigenvalue weighted by Crippen LogP contribution is -2.13. The van der Waals surface area contributed by atoms with Crippen molar-refractivity contribution < 1.29 is 4.94 Å². The van der Waals surface area contributed by atoms with Gasteiger partial charge >= 0.3 is 0 Å². The molecule has 1 heterocycles. The van der Waals surface area contributed by atoms with E-state index in [1.165, 1.54) is 10.3 Å². The van der Waals surface area contributed by atoms with E-state index in [4.69, 9.17) is 4.94 Å². The summed E-state index contributed by atoms with van der Waals surface area (Å²) >= 11 is 0. The Balaban J connectivity index is 2.42. The van der Waals surface area contributed by atoms with Gasteiger partial charge in [-0.05, 0) is 10.4 Å². The maximum absolute atomic E-state index is 4.69. The van der Waals surface area contributed by atoms with E-state index in [0.717, 1.165) is 0 Å². The van der Waals surface area contributed by atoms with E-state index in [9.17, 15) is 0 Å². The fourth-order valence-corrected chi connectivity index (χ4v) is 0.316. The first-order valence-electron chi connectivity index (χ1n) is 1.86. The highest BCUT2D eigenvalue weighted by atomic mass is 16.9. The number of hydrogen-bond acceptors (Lipinski definition) is 5. The van der Waals surface area contributed by atoms with Gasteiger partial charge in [-0.1, -0.05) is 0 Å². The zero-order valence-electron chi connectivity index (χ0n) is 4.20. The lowest BCUT2D eigenvalue weighted by atomic mass is 11.5. The molecule has 5 nitrogen and oxygen atoms in total. The maximum Gasteiger partial charge on any atom is 0.0581 e. The summed E-state index contributed by atoms with van der Waals surface area (Å²) in [5, 5.41) is 9.49. The molecule has 0 radical (unpaired) electrons. The Bertz CT molecular complexity index is 81.7. The molecule has 0 N–H and O–H groups in total. The van der Waals surface area contributed by atoms with Crippen LogP contribution in [0.1, 0.15) is 0 Å². The predicted molar refractivity (Wildman–Crippen MR) is 21.5 cm³/mol. The van der Waals surface area contributed by atoms with Crippen LogP contribution in [-0.4, -0.2) is 24.4 Å². The van der Waals surface area contributed by atoms with Crippen molar-refractivity contribution in [2.75, 3.05) is 14.1 Å². The molecule has 0 saturated heterocycles. The van der Waals surface area contributed by atoms with Gasteiger partial charge in [-0.2, -0.15) is 0 Å². The minimum atomic E-state index is 1.26. The summed E-state index contributed by atoms with van der Waals surface area (Å²) in [5.74, 6) is 0. The molecule has 40 valence electrons. The summed E-state index contributed by atoms with van der Waals surface area (Å²) in [7, 11) is 3.32. The lowest BCUT2D eigenvalue weighted by Gasteiger charge is -2.02. The molecule has 0 saturated carbocycles. The van der Waals surface area contributed by atoms with E-state index in [0.29, 0.717) is 0 Å². The Morgan fingerprint density at radius 2 is 1.57 bits per heavy atom. The molecule has 0 aromatic rings. The van der Waals surface area contributed by atoms with Crippen LogP contribution >= 0.6 is 0 Å². The molecule has 1 aliphatic rings. The number of hydroxylamine groups is 2. The Kier molecular flexibility index (Phi) is 0.828. The predicted octanol–water partition coefficient (Wildman–Crippen LogP) is -0.00760. The molecule has 5 heteroatoms. The minimum absolute atomic E-state index is 1.26. The number of rotatable bonds is 0. The Labute approximate surface area is 41.0 Å². The molecular weight excluding hydrogens is 96.0 g/mol. The summed E-state index contributed by atoms with van der Waals surface area (Å²) in [6.45, 7) is 0. The quantitative estimate of drug-likeness (QED) is 0.432. The number of hydrogen-bond donors (Lipinski definition) is 0. The Morgan fingerprint density at radius 1 is 1.14 bits per heavy atom. The van der Waals surface area contributed by atoms with Gasteiger partial charge in [-0.25, -0.2) is 0 Å². The van der Waals surface area contributed by atoms with Crippen molar-refractivity contribution >= 4 is 0 Å². The van der Waals surface area contributed by atoms with E-state index >= 15 is 0 Å². The normalized spacial score (nSPS) is 19.1. The molecule has 0 aromatic heterocycles. The van der Waals surface area contributed by atoms with Crippen molar-refractivity contribution in [3.05, 3.63) is 0 Å². The standard InChI is InChI=1S/C2H6N4O/c1-5-3-4-6(2)7-5/h1-2H3. The third-order valence-electron chi connectivity index (χ3n) is 0.528. The van der Waals surface area contributed by atoms with E-state index < -0.39 is 0 Å². The second-order valence-electron chi connectivity index (χ2n) is 1.19. The highest BCUT2D eigenvalue weighted by Crippen LogP contribution is 2.00. The van der Waals surface area contributed by atoms with Gasteiger partial charge in [-0.3, -0.25) is 0 Å². The van der Waals surface area contributed by atoms with Gasteiger partial charge in [0, 0.05) is 0 Å². The summed E-state index contributed by atoms with van der Waals surface area (Å²) in [6.07, 6.45) is 0. The molecular formula is C2H6N4O. The molecule has 0 spiro atoms. The SMILES string of the molecule is CN1N=NN(C)O1. The number of nitrogens with zero attached hydrogens (tertiary/aromatic N) is 4. The van der Waals surface area contributed by atoms with Gasteiger partial charge in [0.05, 0.1) is 14.1 Å². The topological polar surface area (TPSA) is 40.4 Å². The van der Waals surface area contributed by atoms with Crippen molar-refractivity contribution in [3.63, 3.8) is 0 Å². The summed E-state index contributed by atoms with van der Waals surface area (Å²) in [4.78, 5) is 4.69.